The maximum atomic E-state index is 6.43. The van der Waals surface area contributed by atoms with Crippen LogP contribution in [0.5, 0.6) is 5.75 Å². The van der Waals surface area contributed by atoms with E-state index in [1.165, 1.54) is 39.5 Å². The van der Waals surface area contributed by atoms with Crippen LogP contribution >= 0.6 is 8.58 Å². The Kier molecular flexibility index (Phi) is 10.1. The Morgan fingerprint density at radius 2 is 1.60 bits per heavy atom. The molecule has 2 atom stereocenters. The molecule has 0 saturated heterocycles. The van der Waals surface area contributed by atoms with Gasteiger partial charge < -0.3 is 9.47 Å². The van der Waals surface area contributed by atoms with E-state index < -0.39 is 0 Å². The molecular weight excluding hydrogens is 449 g/mol. The highest BCUT2D eigenvalue weighted by Gasteiger charge is 2.35. The van der Waals surface area contributed by atoms with Gasteiger partial charge in [-0.25, -0.2) is 0 Å². The van der Waals surface area contributed by atoms with Gasteiger partial charge in [0.2, 0.25) is 0 Å². The van der Waals surface area contributed by atoms with Crippen molar-refractivity contribution in [1.82, 2.24) is 0 Å². The first-order chi connectivity index (χ1) is 16.3. The third-order valence-corrected chi connectivity index (χ3v) is 8.39. The minimum absolute atomic E-state index is 0.0349. The van der Waals surface area contributed by atoms with Crippen LogP contribution in [0.3, 0.4) is 0 Å². The summed E-state index contributed by atoms with van der Waals surface area (Å²) in [6.07, 6.45) is 5.43. The minimum atomic E-state index is -0.0774. The summed E-state index contributed by atoms with van der Waals surface area (Å²) in [5, 5.41) is 1.28. The monoisotopic (exact) mass is 497 g/mol. The van der Waals surface area contributed by atoms with Crippen LogP contribution in [0.25, 0.3) is 0 Å². The molecule has 2 rings (SSSR count). The molecule has 0 aliphatic rings. The molecule has 2 aromatic carbocycles. The van der Waals surface area contributed by atoms with Gasteiger partial charge in [0, 0.05) is 36.7 Å². The molecule has 0 fully saturated rings. The smallest absolute Gasteiger partial charge is 0.188 e. The van der Waals surface area contributed by atoms with E-state index in [9.17, 15) is 0 Å². The van der Waals surface area contributed by atoms with Crippen LogP contribution in [0.1, 0.15) is 102 Å². The summed E-state index contributed by atoms with van der Waals surface area (Å²) < 4.78 is 11.8. The number of unbranched alkanes of at least 4 members (excludes halogenated alkanes) is 1. The Hall–Kier alpha value is -1.70. The highest BCUT2D eigenvalue weighted by Crippen LogP contribution is 2.52. The lowest BCUT2D eigenvalue weighted by atomic mass is 9.76. The van der Waals surface area contributed by atoms with Crippen LogP contribution in [0.4, 0.5) is 0 Å². The molecule has 2 unspecified atom stereocenters. The molecule has 2 aromatic rings. The molecule has 0 radical (unpaired) electrons. The molecule has 0 saturated carbocycles. The van der Waals surface area contributed by atoms with E-state index in [1.54, 1.807) is 7.11 Å². The van der Waals surface area contributed by atoms with Gasteiger partial charge in [0.1, 0.15) is 5.75 Å². The maximum Gasteiger partial charge on any atom is 0.188 e. The van der Waals surface area contributed by atoms with Gasteiger partial charge in [-0.3, -0.25) is 4.99 Å². The van der Waals surface area contributed by atoms with Crippen molar-refractivity contribution in [3.05, 3.63) is 58.1 Å². The van der Waals surface area contributed by atoms with E-state index in [0.717, 1.165) is 18.6 Å². The van der Waals surface area contributed by atoms with Crippen LogP contribution in [-0.2, 0) is 20.7 Å². The van der Waals surface area contributed by atoms with Crippen LogP contribution in [-0.4, -0.2) is 27.2 Å². The number of rotatable bonds is 10. The summed E-state index contributed by atoms with van der Waals surface area (Å²) in [4.78, 5) is 4.36. The van der Waals surface area contributed by atoms with Crippen molar-refractivity contribution in [2.24, 2.45) is 4.99 Å². The van der Waals surface area contributed by atoms with Crippen molar-refractivity contribution < 1.29 is 9.47 Å². The van der Waals surface area contributed by atoms with Gasteiger partial charge in [0.15, 0.2) is 6.79 Å². The van der Waals surface area contributed by atoms with E-state index in [4.69, 9.17) is 9.47 Å². The summed E-state index contributed by atoms with van der Waals surface area (Å²) in [6.45, 7) is 20.8. The van der Waals surface area contributed by atoms with Crippen LogP contribution in [0.2, 0.25) is 0 Å². The molecule has 0 spiro atoms. The molecule has 0 amide bonds. The van der Waals surface area contributed by atoms with E-state index in [0.29, 0.717) is 8.58 Å². The van der Waals surface area contributed by atoms with Gasteiger partial charge in [-0.05, 0) is 46.7 Å². The number of nitrogens with zero attached hydrogens (tertiary/aromatic N) is 1. The summed E-state index contributed by atoms with van der Waals surface area (Å²) >= 11 is 0. The Morgan fingerprint density at radius 3 is 2.14 bits per heavy atom. The van der Waals surface area contributed by atoms with Gasteiger partial charge in [-0.15, -0.1) is 0 Å². The fourth-order valence-corrected chi connectivity index (χ4v) is 6.10. The predicted molar refractivity (Wildman–Crippen MR) is 156 cm³/mol. The van der Waals surface area contributed by atoms with E-state index in [-0.39, 0.29) is 22.8 Å². The Bertz CT molecular complexity index is 1010. The van der Waals surface area contributed by atoms with Gasteiger partial charge >= 0.3 is 0 Å². The van der Waals surface area contributed by atoms with E-state index >= 15 is 0 Å². The lowest BCUT2D eigenvalue weighted by Crippen LogP contribution is -2.26. The number of aryl methyl sites for hydroxylation is 1. The SMILES string of the molecule is CCCCC(C)(Pc1ccc(C)cc1C=NC)c1cc(C(C)(C)C)cc(C(C)(C)C)c1OCOC. The van der Waals surface area contributed by atoms with Gasteiger partial charge in [-0.1, -0.05) is 107 Å². The molecule has 0 N–H and O–H groups in total. The average Bonchev–Trinajstić information content (AvgIpc) is 2.76. The standard InChI is InChI=1S/C31H48NO2P/c1-12-13-16-31(9,35-27-15-14-22(2)17-23(27)20-32-10)26-19-24(29(3,4)5)18-25(30(6,7)8)28(26)34-21-33-11/h14-15,17-20,35H,12-13,16,21H2,1-11H3. The third kappa shape index (κ3) is 7.64. The average molecular weight is 498 g/mol. The number of benzene rings is 2. The number of hydrogen-bond acceptors (Lipinski definition) is 3. The number of methoxy groups -OCH3 is 1. The number of hydrogen-bond donors (Lipinski definition) is 0. The van der Waals surface area contributed by atoms with Crippen molar-refractivity contribution in [1.29, 1.82) is 0 Å². The molecule has 0 aliphatic heterocycles. The summed E-state index contributed by atoms with van der Waals surface area (Å²) in [5.41, 5.74) is 6.37. The first-order valence-corrected chi connectivity index (χ1v) is 13.9. The van der Waals surface area contributed by atoms with E-state index in [2.05, 4.69) is 97.6 Å². The second-order valence-corrected chi connectivity index (χ2v) is 13.9. The highest BCUT2D eigenvalue weighted by molar-refractivity contribution is 7.48. The van der Waals surface area contributed by atoms with Crippen molar-refractivity contribution in [2.45, 2.75) is 97.6 Å². The first kappa shape index (κ1) is 29.5. The molecule has 3 nitrogen and oxygen atoms in total. The van der Waals surface area contributed by atoms with Crippen molar-refractivity contribution in [2.75, 3.05) is 21.0 Å². The largest absolute Gasteiger partial charge is 0.467 e. The second-order valence-electron chi connectivity index (χ2n) is 12.0. The summed E-state index contributed by atoms with van der Waals surface area (Å²) in [5.74, 6) is 0.997. The molecular formula is C31H48NO2P. The van der Waals surface area contributed by atoms with E-state index in [1.807, 2.05) is 13.3 Å². The zero-order valence-electron chi connectivity index (χ0n) is 24.1. The zero-order chi connectivity index (χ0) is 26.4. The first-order valence-electron chi connectivity index (χ1n) is 12.9. The van der Waals surface area contributed by atoms with Crippen molar-refractivity contribution in [3.63, 3.8) is 0 Å². The van der Waals surface area contributed by atoms with Gasteiger partial charge in [0.05, 0.1) is 0 Å². The molecule has 194 valence electrons. The summed E-state index contributed by atoms with van der Waals surface area (Å²) in [6, 6.07) is 11.6. The molecule has 0 aliphatic carbocycles. The molecule has 0 aromatic heterocycles. The fourth-order valence-electron chi connectivity index (χ4n) is 4.44. The summed E-state index contributed by atoms with van der Waals surface area (Å²) in [7, 11) is 4.14. The predicted octanol–water partition coefficient (Wildman–Crippen LogP) is 8.03. The lowest BCUT2D eigenvalue weighted by Gasteiger charge is -2.37. The third-order valence-electron chi connectivity index (χ3n) is 6.59. The second kappa shape index (κ2) is 12.0. The Labute approximate surface area is 216 Å². The topological polar surface area (TPSA) is 30.8 Å². The highest BCUT2D eigenvalue weighted by atomic mass is 31.1. The minimum Gasteiger partial charge on any atom is -0.467 e. The fraction of sp³-hybridized carbons (Fsp3) is 0.581. The quantitative estimate of drug-likeness (QED) is 0.189. The van der Waals surface area contributed by atoms with Crippen LogP contribution in [0.15, 0.2) is 35.3 Å². The maximum absolute atomic E-state index is 6.43. The molecule has 0 bridgehead atoms. The van der Waals surface area contributed by atoms with Crippen molar-refractivity contribution >= 4 is 20.1 Å². The number of aliphatic imine (C=N–C) groups is 1. The zero-order valence-corrected chi connectivity index (χ0v) is 25.1. The van der Waals surface area contributed by atoms with Gasteiger partial charge in [0.25, 0.3) is 0 Å². The molecule has 0 heterocycles. The normalized spacial score (nSPS) is 14.7. The van der Waals surface area contributed by atoms with Crippen LogP contribution < -0.4 is 10.0 Å². The molecule has 4 heteroatoms. The Morgan fingerprint density at radius 1 is 0.943 bits per heavy atom. The molecule has 35 heavy (non-hydrogen) atoms. The van der Waals surface area contributed by atoms with Crippen LogP contribution in [0, 0.1) is 6.92 Å². The Balaban J connectivity index is 2.87. The number of ether oxygens (including phenoxy) is 2. The lowest BCUT2D eigenvalue weighted by molar-refractivity contribution is 0.0486. The van der Waals surface area contributed by atoms with Gasteiger partial charge in [-0.2, -0.15) is 0 Å². The van der Waals surface area contributed by atoms with Crippen molar-refractivity contribution in [3.8, 4) is 5.75 Å².